The van der Waals surface area contributed by atoms with Gasteiger partial charge in [-0.15, -0.1) is 11.8 Å². The largest absolute Gasteiger partial charge is 0.299 e. The first kappa shape index (κ1) is 15.5. The third-order valence-electron chi connectivity index (χ3n) is 3.03. The third-order valence-corrected chi connectivity index (χ3v) is 3.03. The Bertz CT molecular complexity index is 408. The first-order chi connectivity index (χ1) is 9.33. The van der Waals surface area contributed by atoms with E-state index in [0.29, 0.717) is 18.6 Å². The number of benzene rings is 1. The lowest BCUT2D eigenvalue weighted by Crippen LogP contribution is -2.01. The van der Waals surface area contributed by atoms with E-state index < -0.39 is 0 Å². The maximum atomic E-state index is 11.7. The molecule has 1 aromatic carbocycles. The molecule has 0 saturated carbocycles. The Morgan fingerprint density at radius 3 is 2.37 bits per heavy atom. The molecule has 0 aliphatic heterocycles. The van der Waals surface area contributed by atoms with E-state index in [-0.39, 0.29) is 0 Å². The van der Waals surface area contributed by atoms with Gasteiger partial charge in [0.15, 0.2) is 0 Å². The first-order valence-corrected chi connectivity index (χ1v) is 7.34. The standard InChI is InChI=1S/C18H24O/c1-2-3-4-5-6-7-8-12-15-18(19)16-17-13-10-9-11-14-17/h9-11,13-14H,2-5,8,12,15-16H2,1H3. The SMILES string of the molecule is CCCCCC#CCCCC(=O)Cc1ccccc1. The van der Waals surface area contributed by atoms with Gasteiger partial charge in [-0.3, -0.25) is 4.79 Å². The maximum absolute atomic E-state index is 11.7. The summed E-state index contributed by atoms with van der Waals surface area (Å²) in [5, 5.41) is 0. The molecule has 102 valence electrons. The van der Waals surface area contributed by atoms with Gasteiger partial charge in [-0.25, -0.2) is 0 Å². The fourth-order valence-corrected chi connectivity index (χ4v) is 1.93. The van der Waals surface area contributed by atoms with Crippen LogP contribution in [0, 0.1) is 11.8 Å². The number of carbonyl (C=O) groups excluding carboxylic acids is 1. The van der Waals surface area contributed by atoms with Crippen LogP contribution in [0.4, 0.5) is 0 Å². The Morgan fingerprint density at radius 2 is 1.68 bits per heavy atom. The monoisotopic (exact) mass is 256 g/mol. The highest BCUT2D eigenvalue weighted by molar-refractivity contribution is 5.80. The molecule has 0 aliphatic rings. The van der Waals surface area contributed by atoms with E-state index in [1.54, 1.807) is 0 Å². The van der Waals surface area contributed by atoms with Crippen LogP contribution in [0.5, 0.6) is 0 Å². The third kappa shape index (κ3) is 8.21. The maximum Gasteiger partial charge on any atom is 0.137 e. The summed E-state index contributed by atoms with van der Waals surface area (Å²) in [6, 6.07) is 9.94. The van der Waals surface area contributed by atoms with Crippen molar-refractivity contribution in [3.63, 3.8) is 0 Å². The summed E-state index contributed by atoms with van der Waals surface area (Å²) in [5.74, 6) is 6.66. The fraction of sp³-hybridized carbons (Fsp3) is 0.500. The molecule has 1 nitrogen and oxygen atoms in total. The van der Waals surface area contributed by atoms with Crippen LogP contribution in [-0.2, 0) is 11.2 Å². The Kier molecular flexibility index (Phi) is 8.47. The van der Waals surface area contributed by atoms with Crippen molar-refractivity contribution in [2.24, 2.45) is 0 Å². The van der Waals surface area contributed by atoms with Crippen LogP contribution < -0.4 is 0 Å². The molecule has 0 bridgehead atoms. The molecule has 0 atom stereocenters. The molecule has 0 aromatic heterocycles. The molecule has 1 heteroatoms. The molecule has 0 radical (unpaired) electrons. The number of hydrogen-bond acceptors (Lipinski definition) is 1. The van der Waals surface area contributed by atoms with E-state index in [1.807, 2.05) is 30.3 Å². The summed E-state index contributed by atoms with van der Waals surface area (Å²) in [4.78, 5) is 11.7. The number of hydrogen-bond donors (Lipinski definition) is 0. The molecule has 1 rings (SSSR count). The minimum absolute atomic E-state index is 0.319. The zero-order valence-electron chi connectivity index (χ0n) is 12.0. The summed E-state index contributed by atoms with van der Waals surface area (Å²) in [6.45, 7) is 2.20. The van der Waals surface area contributed by atoms with Gasteiger partial charge >= 0.3 is 0 Å². The van der Waals surface area contributed by atoms with Crippen molar-refractivity contribution < 1.29 is 4.79 Å². The average molecular weight is 256 g/mol. The fourth-order valence-electron chi connectivity index (χ4n) is 1.93. The molecule has 0 spiro atoms. The lowest BCUT2D eigenvalue weighted by molar-refractivity contribution is -0.118. The van der Waals surface area contributed by atoms with Crippen molar-refractivity contribution in [2.45, 2.75) is 58.3 Å². The van der Waals surface area contributed by atoms with E-state index in [0.717, 1.165) is 24.8 Å². The quantitative estimate of drug-likeness (QED) is 0.492. The Balaban J connectivity index is 2.07. The van der Waals surface area contributed by atoms with E-state index >= 15 is 0 Å². The second kappa shape index (κ2) is 10.4. The molecule has 0 heterocycles. The van der Waals surface area contributed by atoms with Crippen molar-refractivity contribution >= 4 is 5.78 Å². The van der Waals surface area contributed by atoms with Crippen LogP contribution in [0.2, 0.25) is 0 Å². The van der Waals surface area contributed by atoms with Gasteiger partial charge in [0.1, 0.15) is 5.78 Å². The minimum Gasteiger partial charge on any atom is -0.299 e. The lowest BCUT2D eigenvalue weighted by atomic mass is 10.1. The van der Waals surface area contributed by atoms with Gasteiger partial charge in [0.05, 0.1) is 0 Å². The van der Waals surface area contributed by atoms with Crippen LogP contribution in [0.15, 0.2) is 30.3 Å². The van der Waals surface area contributed by atoms with Gasteiger partial charge in [-0.1, -0.05) is 50.1 Å². The highest BCUT2D eigenvalue weighted by Gasteiger charge is 2.02. The molecule has 0 aliphatic carbocycles. The molecule has 0 N–H and O–H groups in total. The lowest BCUT2D eigenvalue weighted by Gasteiger charge is -1.99. The van der Waals surface area contributed by atoms with Crippen LogP contribution in [0.3, 0.4) is 0 Å². The molecule has 0 saturated heterocycles. The predicted octanol–water partition coefficient (Wildman–Crippen LogP) is 4.55. The van der Waals surface area contributed by atoms with Gasteiger partial charge in [-0.05, 0) is 18.4 Å². The van der Waals surface area contributed by atoms with Gasteiger partial charge < -0.3 is 0 Å². The van der Waals surface area contributed by atoms with E-state index in [9.17, 15) is 4.79 Å². The number of rotatable bonds is 8. The number of ketones is 1. The smallest absolute Gasteiger partial charge is 0.137 e. The van der Waals surface area contributed by atoms with Crippen molar-refractivity contribution in [3.05, 3.63) is 35.9 Å². The van der Waals surface area contributed by atoms with Crippen molar-refractivity contribution in [2.75, 3.05) is 0 Å². The molecule has 0 unspecified atom stereocenters. The summed E-state index contributed by atoms with van der Waals surface area (Å²) in [5.41, 5.74) is 1.11. The van der Waals surface area contributed by atoms with Gasteiger partial charge in [-0.2, -0.15) is 0 Å². The molecule has 0 fully saturated rings. The number of carbonyl (C=O) groups is 1. The minimum atomic E-state index is 0.319. The van der Waals surface area contributed by atoms with E-state index in [1.165, 1.54) is 19.3 Å². The van der Waals surface area contributed by atoms with Gasteiger partial charge in [0.25, 0.3) is 0 Å². The first-order valence-electron chi connectivity index (χ1n) is 7.34. The van der Waals surface area contributed by atoms with Gasteiger partial charge in [0.2, 0.25) is 0 Å². The predicted molar refractivity (Wildman–Crippen MR) is 80.9 cm³/mol. The van der Waals surface area contributed by atoms with Crippen LogP contribution in [-0.4, -0.2) is 5.78 Å². The Morgan fingerprint density at radius 1 is 1.00 bits per heavy atom. The van der Waals surface area contributed by atoms with Crippen LogP contribution in [0.25, 0.3) is 0 Å². The van der Waals surface area contributed by atoms with E-state index in [2.05, 4.69) is 18.8 Å². The molecule has 0 amide bonds. The summed E-state index contributed by atoms with van der Waals surface area (Å²) >= 11 is 0. The van der Waals surface area contributed by atoms with E-state index in [4.69, 9.17) is 0 Å². The Hall–Kier alpha value is -1.55. The van der Waals surface area contributed by atoms with Gasteiger partial charge in [0, 0.05) is 25.7 Å². The van der Waals surface area contributed by atoms with Crippen molar-refractivity contribution in [3.8, 4) is 11.8 Å². The zero-order valence-corrected chi connectivity index (χ0v) is 12.0. The Labute approximate surface area is 117 Å². The van der Waals surface area contributed by atoms with Crippen molar-refractivity contribution in [1.29, 1.82) is 0 Å². The number of Topliss-reactive ketones (excluding diaryl/α,β-unsaturated/α-hetero) is 1. The molecule has 1 aromatic rings. The number of unbranched alkanes of at least 4 members (excludes halogenated alkanes) is 4. The summed E-state index contributed by atoms with van der Waals surface area (Å²) in [7, 11) is 0. The van der Waals surface area contributed by atoms with Crippen molar-refractivity contribution in [1.82, 2.24) is 0 Å². The highest BCUT2D eigenvalue weighted by Crippen LogP contribution is 2.04. The van der Waals surface area contributed by atoms with Crippen LogP contribution in [0.1, 0.15) is 57.4 Å². The zero-order chi connectivity index (χ0) is 13.8. The molecular weight excluding hydrogens is 232 g/mol. The summed E-state index contributed by atoms with van der Waals surface area (Å²) < 4.78 is 0. The van der Waals surface area contributed by atoms with Crippen LogP contribution >= 0.6 is 0 Å². The second-order valence-corrected chi connectivity index (χ2v) is 4.87. The highest BCUT2D eigenvalue weighted by atomic mass is 16.1. The average Bonchev–Trinajstić information content (AvgIpc) is 2.43. The second-order valence-electron chi connectivity index (χ2n) is 4.87. The topological polar surface area (TPSA) is 17.1 Å². The molecule has 19 heavy (non-hydrogen) atoms. The summed E-state index contributed by atoms with van der Waals surface area (Å²) in [6.07, 6.45) is 7.69. The normalized spacial score (nSPS) is 9.74. The molecular formula is C18H24O.